The van der Waals surface area contributed by atoms with Gasteiger partial charge in [0.1, 0.15) is 0 Å². The number of rotatable bonds is 5. The molecule has 130 valence electrons. The normalized spacial score (nSPS) is 20.0. The summed E-state index contributed by atoms with van der Waals surface area (Å²) in [7, 11) is 3.45. The van der Waals surface area contributed by atoms with Crippen LogP contribution in [0.25, 0.3) is 0 Å². The first-order valence-corrected chi connectivity index (χ1v) is 8.30. The third kappa shape index (κ3) is 4.36. The van der Waals surface area contributed by atoms with Gasteiger partial charge in [0, 0.05) is 45.7 Å². The first-order valence-electron chi connectivity index (χ1n) is 8.30. The lowest BCUT2D eigenvalue weighted by Crippen LogP contribution is -2.48. The zero-order valence-electron chi connectivity index (χ0n) is 14.2. The van der Waals surface area contributed by atoms with Gasteiger partial charge in [-0.1, -0.05) is 6.92 Å². The molecule has 1 atom stereocenters. The second-order valence-corrected chi connectivity index (χ2v) is 6.90. The van der Waals surface area contributed by atoms with Crippen LogP contribution in [0.15, 0.2) is 0 Å². The molecule has 7 nitrogen and oxygen atoms in total. The number of hydrogen-bond acceptors (Lipinski definition) is 3. The third-order valence-electron chi connectivity index (χ3n) is 4.66. The number of aliphatic carboxylic acids is 1. The molecule has 1 saturated carbocycles. The Hall–Kier alpha value is -1.79. The molecule has 1 aliphatic carbocycles. The van der Waals surface area contributed by atoms with Crippen molar-refractivity contribution in [2.24, 2.45) is 11.8 Å². The molecule has 0 aromatic rings. The summed E-state index contributed by atoms with van der Waals surface area (Å²) in [6.07, 6.45) is 3.25. The van der Waals surface area contributed by atoms with Crippen molar-refractivity contribution in [1.29, 1.82) is 0 Å². The van der Waals surface area contributed by atoms with Crippen molar-refractivity contribution in [3.63, 3.8) is 0 Å². The lowest BCUT2D eigenvalue weighted by atomic mass is 9.94. The zero-order valence-corrected chi connectivity index (χ0v) is 14.2. The van der Waals surface area contributed by atoms with E-state index in [2.05, 4.69) is 0 Å². The molecule has 2 fully saturated rings. The average molecular weight is 325 g/mol. The summed E-state index contributed by atoms with van der Waals surface area (Å²) < 4.78 is 0. The highest BCUT2D eigenvalue weighted by atomic mass is 16.4. The number of nitrogens with zero attached hydrogens (tertiary/aromatic N) is 3. The predicted octanol–water partition coefficient (Wildman–Crippen LogP) is 1.09. The van der Waals surface area contributed by atoms with Crippen LogP contribution in [0.5, 0.6) is 0 Å². The Morgan fingerprint density at radius 1 is 1.13 bits per heavy atom. The molecule has 1 aliphatic heterocycles. The van der Waals surface area contributed by atoms with Crippen LogP contribution >= 0.6 is 0 Å². The van der Waals surface area contributed by atoms with Crippen molar-refractivity contribution < 1.29 is 19.5 Å². The number of hydrogen-bond donors (Lipinski definition) is 1. The third-order valence-corrected chi connectivity index (χ3v) is 4.66. The fourth-order valence-electron chi connectivity index (χ4n) is 3.01. The van der Waals surface area contributed by atoms with Gasteiger partial charge in [-0.25, -0.2) is 4.79 Å². The molecule has 0 aromatic carbocycles. The molecular formula is C16H27N3O4. The number of piperidine rings is 1. The molecule has 2 aliphatic rings. The van der Waals surface area contributed by atoms with Gasteiger partial charge in [-0.05, 0) is 25.7 Å². The fourth-order valence-corrected chi connectivity index (χ4v) is 3.01. The summed E-state index contributed by atoms with van der Waals surface area (Å²) in [6.45, 7) is 3.10. The standard InChI is InChI=1S/C16H27N3O4/c1-11(15(21)22)10-19(13-4-5-13)14(20)12-6-8-18(9-7-12)16(23)17(2)3/h11-13H,4-10H2,1-3H3,(H,21,22). The lowest BCUT2D eigenvalue weighted by molar-refractivity contribution is -0.144. The van der Waals surface area contributed by atoms with E-state index in [0.29, 0.717) is 25.9 Å². The van der Waals surface area contributed by atoms with Crippen LogP contribution in [-0.4, -0.2) is 77.5 Å². The van der Waals surface area contributed by atoms with Crippen molar-refractivity contribution in [3.8, 4) is 0 Å². The van der Waals surface area contributed by atoms with E-state index in [1.807, 2.05) is 0 Å². The largest absolute Gasteiger partial charge is 0.481 e. The molecule has 3 amide bonds. The van der Waals surface area contributed by atoms with Crippen molar-refractivity contribution in [1.82, 2.24) is 14.7 Å². The van der Waals surface area contributed by atoms with Crippen LogP contribution in [0.4, 0.5) is 4.79 Å². The van der Waals surface area contributed by atoms with Gasteiger partial charge in [0.25, 0.3) is 0 Å². The maximum Gasteiger partial charge on any atom is 0.319 e. The average Bonchev–Trinajstić information content (AvgIpc) is 3.35. The molecule has 0 spiro atoms. The number of carboxylic acids is 1. The van der Waals surface area contributed by atoms with Crippen LogP contribution in [0.1, 0.15) is 32.6 Å². The Kier molecular flexibility index (Phi) is 5.49. The van der Waals surface area contributed by atoms with E-state index in [1.54, 1.807) is 35.7 Å². The van der Waals surface area contributed by atoms with Crippen LogP contribution < -0.4 is 0 Å². The molecule has 0 bridgehead atoms. The summed E-state index contributed by atoms with van der Waals surface area (Å²) in [6, 6.07) is 0.195. The van der Waals surface area contributed by atoms with Crippen molar-refractivity contribution >= 4 is 17.9 Å². The maximum atomic E-state index is 12.8. The Morgan fingerprint density at radius 3 is 2.13 bits per heavy atom. The molecule has 0 aromatic heterocycles. The van der Waals surface area contributed by atoms with Crippen molar-refractivity contribution in [2.45, 2.75) is 38.6 Å². The fraction of sp³-hybridized carbons (Fsp3) is 0.812. The van der Waals surface area contributed by atoms with Gasteiger partial charge in [-0.3, -0.25) is 9.59 Å². The van der Waals surface area contributed by atoms with Crippen molar-refractivity contribution in [2.75, 3.05) is 33.7 Å². The molecule has 1 heterocycles. The van der Waals surface area contributed by atoms with Crippen molar-refractivity contribution in [3.05, 3.63) is 0 Å². The monoisotopic (exact) mass is 325 g/mol. The Balaban J connectivity index is 1.91. The summed E-state index contributed by atoms with van der Waals surface area (Å²) in [4.78, 5) is 40.9. The highest BCUT2D eigenvalue weighted by Gasteiger charge is 2.38. The first kappa shape index (κ1) is 17.6. The smallest absolute Gasteiger partial charge is 0.319 e. The first-order chi connectivity index (χ1) is 10.8. The van der Waals surface area contributed by atoms with Gasteiger partial charge in [0.15, 0.2) is 0 Å². The molecule has 1 N–H and O–H groups in total. The minimum absolute atomic E-state index is 0.0190. The summed E-state index contributed by atoms with van der Waals surface area (Å²) >= 11 is 0. The second-order valence-electron chi connectivity index (χ2n) is 6.90. The summed E-state index contributed by atoms with van der Waals surface area (Å²) in [5.74, 6) is -1.44. The summed E-state index contributed by atoms with van der Waals surface area (Å²) in [5.41, 5.74) is 0. The van der Waals surface area contributed by atoms with E-state index >= 15 is 0 Å². The summed E-state index contributed by atoms with van der Waals surface area (Å²) in [5, 5.41) is 9.09. The SMILES string of the molecule is CC(CN(C(=O)C1CCN(C(=O)N(C)C)CC1)C1CC1)C(=O)O. The van der Waals surface area contributed by atoms with Crippen LogP contribution in [0.2, 0.25) is 0 Å². The van der Waals surface area contributed by atoms with E-state index in [0.717, 1.165) is 12.8 Å². The molecule has 1 saturated heterocycles. The molecule has 2 rings (SSSR count). The topological polar surface area (TPSA) is 81.2 Å². The van der Waals surface area contributed by atoms with Gasteiger partial charge in [-0.15, -0.1) is 0 Å². The number of amides is 3. The highest BCUT2D eigenvalue weighted by Crippen LogP contribution is 2.31. The number of carbonyl (C=O) groups excluding carboxylic acids is 2. The van der Waals surface area contributed by atoms with Crippen LogP contribution in [0, 0.1) is 11.8 Å². The second kappa shape index (κ2) is 7.19. The van der Waals surface area contributed by atoms with Gasteiger partial charge in [-0.2, -0.15) is 0 Å². The van der Waals surface area contributed by atoms with E-state index in [4.69, 9.17) is 5.11 Å². The van der Waals surface area contributed by atoms with Gasteiger partial charge in [0.05, 0.1) is 5.92 Å². The molecule has 23 heavy (non-hydrogen) atoms. The molecule has 7 heteroatoms. The van der Waals surface area contributed by atoms with E-state index in [9.17, 15) is 14.4 Å². The number of carboxylic acid groups (broad SMARTS) is 1. The maximum absolute atomic E-state index is 12.8. The van der Waals surface area contributed by atoms with Crippen LogP contribution in [0.3, 0.4) is 0 Å². The number of carbonyl (C=O) groups is 3. The van der Waals surface area contributed by atoms with Crippen LogP contribution in [-0.2, 0) is 9.59 Å². The Bertz CT molecular complexity index is 468. The van der Waals surface area contributed by atoms with E-state index < -0.39 is 11.9 Å². The predicted molar refractivity (Wildman–Crippen MR) is 84.9 cm³/mol. The van der Waals surface area contributed by atoms with Gasteiger partial charge >= 0.3 is 12.0 Å². The van der Waals surface area contributed by atoms with E-state index in [1.165, 1.54) is 0 Å². The zero-order chi connectivity index (χ0) is 17.1. The number of likely N-dealkylation sites (tertiary alicyclic amines) is 1. The van der Waals surface area contributed by atoms with Gasteiger partial charge in [0.2, 0.25) is 5.91 Å². The Labute approximate surface area is 137 Å². The molecular weight excluding hydrogens is 298 g/mol. The highest BCUT2D eigenvalue weighted by molar-refractivity contribution is 5.81. The Morgan fingerprint density at radius 2 is 1.70 bits per heavy atom. The quantitative estimate of drug-likeness (QED) is 0.820. The minimum atomic E-state index is -0.866. The molecule has 1 unspecified atom stereocenters. The molecule has 0 radical (unpaired) electrons. The van der Waals surface area contributed by atoms with E-state index in [-0.39, 0.29) is 30.4 Å². The lowest BCUT2D eigenvalue weighted by Gasteiger charge is -2.35. The van der Waals surface area contributed by atoms with Gasteiger partial charge < -0.3 is 19.8 Å². The minimum Gasteiger partial charge on any atom is -0.481 e. The number of urea groups is 1.